The van der Waals surface area contributed by atoms with Gasteiger partial charge in [-0.1, -0.05) is 12.1 Å². The summed E-state index contributed by atoms with van der Waals surface area (Å²) in [7, 11) is 1.90. The van der Waals surface area contributed by atoms with E-state index in [0.29, 0.717) is 6.04 Å². The molecule has 0 radical (unpaired) electrons. The number of aliphatic hydroxyl groups is 1. The minimum Gasteiger partial charge on any atom is -0.396 e. The molecule has 2 atom stereocenters. The maximum Gasteiger partial charge on any atom is 0.146 e. The monoisotopic (exact) mass is 280 g/mol. The van der Waals surface area contributed by atoms with Crippen LogP contribution in [0.5, 0.6) is 0 Å². The van der Waals surface area contributed by atoms with Crippen molar-refractivity contribution < 1.29 is 9.50 Å². The fourth-order valence-corrected chi connectivity index (χ4v) is 3.10. The molecule has 0 aliphatic carbocycles. The Kier molecular flexibility index (Phi) is 5.38. The first kappa shape index (κ1) is 15.3. The molecule has 0 bridgehead atoms. The summed E-state index contributed by atoms with van der Waals surface area (Å²) >= 11 is 0. The van der Waals surface area contributed by atoms with E-state index in [9.17, 15) is 4.39 Å². The number of aliphatic hydroxyl groups excluding tert-OH is 1. The largest absolute Gasteiger partial charge is 0.396 e. The fourth-order valence-electron chi connectivity index (χ4n) is 3.10. The lowest BCUT2D eigenvalue weighted by atomic mass is 10.0. The van der Waals surface area contributed by atoms with Gasteiger partial charge >= 0.3 is 0 Å². The van der Waals surface area contributed by atoms with Crippen LogP contribution >= 0.6 is 0 Å². The van der Waals surface area contributed by atoms with Gasteiger partial charge in [0.2, 0.25) is 0 Å². The molecular weight excluding hydrogens is 255 g/mol. The van der Waals surface area contributed by atoms with Crippen LogP contribution in [0.3, 0.4) is 0 Å². The van der Waals surface area contributed by atoms with E-state index in [1.54, 1.807) is 12.1 Å². The Morgan fingerprint density at radius 2 is 2.30 bits per heavy atom. The third-order valence-electron chi connectivity index (χ3n) is 4.28. The average Bonchev–Trinajstić information content (AvgIpc) is 2.91. The van der Waals surface area contributed by atoms with E-state index in [4.69, 9.17) is 5.11 Å². The Bertz CT molecular complexity index is 438. The van der Waals surface area contributed by atoms with Crippen LogP contribution in [0, 0.1) is 5.82 Å². The quantitative estimate of drug-likeness (QED) is 0.841. The first-order chi connectivity index (χ1) is 9.69. The molecule has 1 saturated heterocycles. The van der Waals surface area contributed by atoms with Crippen molar-refractivity contribution in [3.05, 3.63) is 29.6 Å². The van der Waals surface area contributed by atoms with Gasteiger partial charge in [-0.25, -0.2) is 4.39 Å². The molecule has 1 aliphatic heterocycles. The first-order valence-corrected chi connectivity index (χ1v) is 7.52. The van der Waals surface area contributed by atoms with E-state index in [-0.39, 0.29) is 18.5 Å². The van der Waals surface area contributed by atoms with Crippen molar-refractivity contribution in [2.45, 2.75) is 44.7 Å². The Balaban J connectivity index is 2.30. The summed E-state index contributed by atoms with van der Waals surface area (Å²) in [6.07, 6.45) is 3.89. The number of hydrogen-bond donors (Lipinski definition) is 2. The second-order valence-electron chi connectivity index (χ2n) is 5.54. The summed E-state index contributed by atoms with van der Waals surface area (Å²) in [6, 6.07) is 5.80. The van der Waals surface area contributed by atoms with E-state index in [1.165, 1.54) is 0 Å². The SMILES string of the molecule is CNC(C)c1cccc(F)c1N1CCCC1CCCO. The number of anilines is 1. The lowest BCUT2D eigenvalue weighted by molar-refractivity contribution is 0.279. The number of benzene rings is 1. The van der Waals surface area contributed by atoms with Crippen LogP contribution in [0.1, 0.15) is 44.2 Å². The molecule has 0 saturated carbocycles. The number of halogens is 1. The molecule has 0 amide bonds. The Labute approximate surface area is 120 Å². The third-order valence-corrected chi connectivity index (χ3v) is 4.28. The molecular formula is C16H25FN2O. The number of nitrogens with one attached hydrogen (secondary N) is 1. The van der Waals surface area contributed by atoms with Crippen LogP contribution in [-0.2, 0) is 0 Å². The summed E-state index contributed by atoms with van der Waals surface area (Å²) in [5.74, 6) is -0.138. The Morgan fingerprint density at radius 3 is 3.00 bits per heavy atom. The molecule has 2 unspecified atom stereocenters. The van der Waals surface area contributed by atoms with Gasteiger partial charge < -0.3 is 15.3 Å². The summed E-state index contributed by atoms with van der Waals surface area (Å²) in [5.41, 5.74) is 1.76. The van der Waals surface area contributed by atoms with Crippen molar-refractivity contribution >= 4 is 5.69 Å². The number of para-hydroxylation sites is 1. The average molecular weight is 280 g/mol. The third kappa shape index (κ3) is 3.13. The van der Waals surface area contributed by atoms with Crippen LogP contribution in [0.15, 0.2) is 18.2 Å². The normalized spacial score (nSPS) is 20.4. The van der Waals surface area contributed by atoms with E-state index >= 15 is 0 Å². The summed E-state index contributed by atoms with van der Waals surface area (Å²) in [5, 5.41) is 12.2. The molecule has 112 valence electrons. The standard InChI is InChI=1S/C16H25FN2O/c1-12(18-2)14-8-3-9-15(17)16(14)19-10-4-6-13(19)7-5-11-20/h3,8-9,12-13,18,20H,4-7,10-11H2,1-2H3. The van der Waals surface area contributed by atoms with Gasteiger partial charge in [0, 0.05) is 25.2 Å². The van der Waals surface area contributed by atoms with E-state index in [1.807, 2.05) is 13.1 Å². The molecule has 1 aliphatic rings. The molecule has 2 rings (SSSR count). The second kappa shape index (κ2) is 7.04. The van der Waals surface area contributed by atoms with Crippen LogP contribution < -0.4 is 10.2 Å². The number of rotatable bonds is 6. The smallest absolute Gasteiger partial charge is 0.146 e. The first-order valence-electron chi connectivity index (χ1n) is 7.52. The molecule has 0 spiro atoms. The lowest BCUT2D eigenvalue weighted by Crippen LogP contribution is -2.32. The maximum absolute atomic E-state index is 14.4. The van der Waals surface area contributed by atoms with Gasteiger partial charge in [-0.15, -0.1) is 0 Å². The molecule has 0 aromatic heterocycles. The van der Waals surface area contributed by atoms with Gasteiger partial charge in [0.25, 0.3) is 0 Å². The van der Waals surface area contributed by atoms with Crippen LogP contribution in [0.2, 0.25) is 0 Å². The summed E-state index contributed by atoms with van der Waals surface area (Å²) in [6.45, 7) is 3.17. The highest BCUT2D eigenvalue weighted by Crippen LogP contribution is 2.35. The lowest BCUT2D eigenvalue weighted by Gasteiger charge is -2.30. The number of hydrogen-bond acceptors (Lipinski definition) is 3. The predicted octanol–water partition coefficient (Wildman–Crippen LogP) is 2.85. The van der Waals surface area contributed by atoms with Gasteiger partial charge in [0.15, 0.2) is 0 Å². The number of nitrogens with zero attached hydrogens (tertiary/aromatic N) is 1. The van der Waals surface area contributed by atoms with Gasteiger partial charge in [-0.05, 0) is 51.3 Å². The Morgan fingerprint density at radius 1 is 1.50 bits per heavy atom. The highest BCUT2D eigenvalue weighted by Gasteiger charge is 2.28. The van der Waals surface area contributed by atoms with Gasteiger partial charge in [-0.3, -0.25) is 0 Å². The van der Waals surface area contributed by atoms with Gasteiger partial charge in [0.1, 0.15) is 5.82 Å². The summed E-state index contributed by atoms with van der Waals surface area (Å²) < 4.78 is 14.4. The van der Waals surface area contributed by atoms with Crippen molar-refractivity contribution in [1.29, 1.82) is 0 Å². The van der Waals surface area contributed by atoms with Crippen molar-refractivity contribution in [2.75, 3.05) is 25.1 Å². The molecule has 3 nitrogen and oxygen atoms in total. The fraction of sp³-hybridized carbons (Fsp3) is 0.625. The van der Waals surface area contributed by atoms with E-state index in [0.717, 1.165) is 43.5 Å². The van der Waals surface area contributed by atoms with E-state index in [2.05, 4.69) is 17.1 Å². The molecule has 20 heavy (non-hydrogen) atoms. The molecule has 1 heterocycles. The molecule has 1 aromatic carbocycles. The van der Waals surface area contributed by atoms with Crippen molar-refractivity contribution in [3.63, 3.8) is 0 Å². The van der Waals surface area contributed by atoms with Gasteiger partial charge in [0.05, 0.1) is 5.69 Å². The highest BCUT2D eigenvalue weighted by atomic mass is 19.1. The van der Waals surface area contributed by atoms with Crippen molar-refractivity contribution in [1.82, 2.24) is 5.32 Å². The van der Waals surface area contributed by atoms with Gasteiger partial charge in [-0.2, -0.15) is 0 Å². The predicted molar refractivity (Wildman–Crippen MR) is 80.6 cm³/mol. The molecule has 2 N–H and O–H groups in total. The van der Waals surface area contributed by atoms with Crippen LogP contribution in [0.4, 0.5) is 10.1 Å². The molecule has 1 aromatic rings. The Hall–Kier alpha value is -1.13. The zero-order chi connectivity index (χ0) is 14.5. The second-order valence-corrected chi connectivity index (χ2v) is 5.54. The van der Waals surface area contributed by atoms with Crippen molar-refractivity contribution in [2.24, 2.45) is 0 Å². The minimum atomic E-state index is -0.138. The zero-order valence-corrected chi connectivity index (χ0v) is 12.4. The topological polar surface area (TPSA) is 35.5 Å². The van der Waals surface area contributed by atoms with Crippen LogP contribution in [-0.4, -0.2) is 31.3 Å². The van der Waals surface area contributed by atoms with Crippen molar-refractivity contribution in [3.8, 4) is 0 Å². The molecule has 4 heteroatoms. The zero-order valence-electron chi connectivity index (χ0n) is 12.4. The van der Waals surface area contributed by atoms with Crippen LogP contribution in [0.25, 0.3) is 0 Å². The molecule has 1 fully saturated rings. The summed E-state index contributed by atoms with van der Waals surface area (Å²) in [4.78, 5) is 2.20. The maximum atomic E-state index is 14.4. The van der Waals surface area contributed by atoms with E-state index < -0.39 is 0 Å². The minimum absolute atomic E-state index is 0.125. The highest BCUT2D eigenvalue weighted by molar-refractivity contribution is 5.57.